The van der Waals surface area contributed by atoms with E-state index in [1.165, 1.54) is 46.8 Å². The molecule has 0 N–H and O–H groups in total. The maximum atomic E-state index is 14.2. The molecule has 0 radical (unpaired) electrons. The smallest absolute Gasteiger partial charge is 0.252 e. The van der Waals surface area contributed by atoms with Crippen molar-refractivity contribution >= 4 is 50.7 Å². The Hall–Kier alpha value is -3.26. The Morgan fingerprint density at radius 1 is 0.950 bits per heavy atom. The standard InChI is InChI=1S/C29H26Cl2N4O4S/c30-22-8-11-25(31)27(16-22)40(38,39)35(24-12-14-33(15-13-24)19-21-4-2-1-3-5-21)26-17-28(36)34(29(26)37)23-9-6-20(18-32)7-10-23/h1-11,16,24,26H,12-15,17,19H2. The first-order chi connectivity index (χ1) is 19.2. The minimum atomic E-state index is -4.33. The van der Waals surface area contributed by atoms with Crippen LogP contribution in [0.1, 0.15) is 30.4 Å². The maximum Gasteiger partial charge on any atom is 0.252 e. The van der Waals surface area contributed by atoms with E-state index in [2.05, 4.69) is 4.90 Å². The largest absolute Gasteiger partial charge is 0.299 e. The van der Waals surface area contributed by atoms with Crippen LogP contribution in [0.2, 0.25) is 10.0 Å². The van der Waals surface area contributed by atoms with E-state index in [0.29, 0.717) is 31.5 Å². The molecule has 2 saturated heterocycles. The van der Waals surface area contributed by atoms with E-state index in [-0.39, 0.29) is 27.0 Å². The highest BCUT2D eigenvalue weighted by atomic mass is 35.5. The summed E-state index contributed by atoms with van der Waals surface area (Å²) in [6.45, 7) is 1.96. The van der Waals surface area contributed by atoms with E-state index in [1.54, 1.807) is 0 Å². The van der Waals surface area contributed by atoms with Gasteiger partial charge in [-0.2, -0.15) is 9.57 Å². The van der Waals surface area contributed by atoms with Gasteiger partial charge in [0.2, 0.25) is 15.9 Å². The number of hydrogen-bond acceptors (Lipinski definition) is 6. The second-order valence-corrected chi connectivity index (χ2v) is 12.5. The average molecular weight is 598 g/mol. The van der Waals surface area contributed by atoms with Crippen molar-refractivity contribution in [3.63, 3.8) is 0 Å². The monoisotopic (exact) mass is 596 g/mol. The van der Waals surface area contributed by atoms with Gasteiger partial charge in [-0.1, -0.05) is 53.5 Å². The molecule has 0 bridgehead atoms. The second kappa shape index (κ2) is 11.7. The summed E-state index contributed by atoms with van der Waals surface area (Å²) in [4.78, 5) is 29.9. The first-order valence-corrected chi connectivity index (χ1v) is 15.0. The third-order valence-electron chi connectivity index (χ3n) is 7.30. The molecule has 2 aliphatic heterocycles. The molecule has 2 aliphatic rings. The highest BCUT2D eigenvalue weighted by Gasteiger charge is 2.50. The normalized spacial score (nSPS) is 18.9. The van der Waals surface area contributed by atoms with Gasteiger partial charge in [-0.3, -0.25) is 14.5 Å². The lowest BCUT2D eigenvalue weighted by Gasteiger charge is -2.39. The molecule has 2 heterocycles. The Morgan fingerprint density at radius 3 is 2.27 bits per heavy atom. The number of sulfonamides is 1. The number of amides is 2. The van der Waals surface area contributed by atoms with Gasteiger partial charge in [0, 0.05) is 30.7 Å². The first-order valence-electron chi connectivity index (χ1n) is 12.8. The third-order valence-corrected chi connectivity index (χ3v) is 9.98. The summed E-state index contributed by atoms with van der Waals surface area (Å²) >= 11 is 12.5. The molecule has 2 amide bonds. The van der Waals surface area contributed by atoms with Gasteiger partial charge < -0.3 is 0 Å². The molecule has 1 unspecified atom stereocenters. The number of carbonyl (C=O) groups is 2. The molecular weight excluding hydrogens is 571 g/mol. The zero-order valence-electron chi connectivity index (χ0n) is 21.4. The fourth-order valence-electron chi connectivity index (χ4n) is 5.35. The minimum Gasteiger partial charge on any atom is -0.299 e. The molecule has 3 aromatic carbocycles. The molecule has 0 aliphatic carbocycles. The average Bonchev–Trinajstić information content (AvgIpc) is 3.24. The van der Waals surface area contributed by atoms with E-state index < -0.39 is 33.9 Å². The number of piperidine rings is 1. The van der Waals surface area contributed by atoms with E-state index >= 15 is 0 Å². The minimum absolute atomic E-state index is 0.0170. The quantitative estimate of drug-likeness (QED) is 0.361. The predicted octanol–water partition coefficient (Wildman–Crippen LogP) is 4.85. The Balaban J connectivity index is 1.47. The van der Waals surface area contributed by atoms with E-state index in [4.69, 9.17) is 28.5 Å². The van der Waals surface area contributed by atoms with Crippen molar-refractivity contribution in [3.8, 4) is 6.07 Å². The van der Waals surface area contributed by atoms with Crippen molar-refractivity contribution in [2.75, 3.05) is 18.0 Å². The Morgan fingerprint density at radius 2 is 1.62 bits per heavy atom. The number of rotatable bonds is 7. The highest BCUT2D eigenvalue weighted by Crippen LogP contribution is 2.36. The van der Waals surface area contributed by atoms with Crippen molar-refractivity contribution in [1.29, 1.82) is 5.26 Å². The van der Waals surface area contributed by atoms with Gasteiger partial charge in [-0.25, -0.2) is 13.3 Å². The van der Waals surface area contributed by atoms with E-state index in [9.17, 15) is 18.0 Å². The van der Waals surface area contributed by atoms with E-state index in [1.807, 2.05) is 36.4 Å². The number of imide groups is 1. The summed E-state index contributed by atoms with van der Waals surface area (Å²) in [5, 5.41) is 9.27. The van der Waals surface area contributed by atoms with Crippen molar-refractivity contribution < 1.29 is 18.0 Å². The fourth-order valence-corrected chi connectivity index (χ4v) is 7.92. The van der Waals surface area contributed by atoms with E-state index in [0.717, 1.165) is 17.0 Å². The number of nitrogens with zero attached hydrogens (tertiary/aromatic N) is 4. The summed E-state index contributed by atoms with van der Waals surface area (Å²) in [6.07, 6.45) is 0.638. The zero-order valence-corrected chi connectivity index (χ0v) is 23.7. The van der Waals surface area contributed by atoms with Crippen LogP contribution in [0.15, 0.2) is 77.7 Å². The predicted molar refractivity (Wildman–Crippen MR) is 152 cm³/mol. The molecule has 5 rings (SSSR count). The second-order valence-electron chi connectivity index (χ2n) is 9.85. The molecule has 11 heteroatoms. The summed E-state index contributed by atoms with van der Waals surface area (Å²) in [6, 6.07) is 20.4. The molecule has 206 valence electrons. The molecule has 2 fully saturated rings. The number of benzene rings is 3. The Bertz CT molecular complexity index is 1570. The lowest BCUT2D eigenvalue weighted by molar-refractivity contribution is -0.122. The number of likely N-dealkylation sites (tertiary alicyclic amines) is 1. The molecule has 3 aromatic rings. The van der Waals surface area contributed by atoms with Gasteiger partial charge >= 0.3 is 0 Å². The zero-order chi connectivity index (χ0) is 28.4. The summed E-state index contributed by atoms with van der Waals surface area (Å²) in [5.74, 6) is -1.15. The van der Waals surface area contributed by atoms with Crippen molar-refractivity contribution in [3.05, 3.63) is 94.0 Å². The van der Waals surface area contributed by atoms with Gasteiger partial charge in [-0.05, 0) is 60.9 Å². The molecule has 0 saturated carbocycles. The Kier molecular flexibility index (Phi) is 8.26. The molecular formula is C29H26Cl2N4O4S. The lowest BCUT2D eigenvalue weighted by atomic mass is 10.0. The first kappa shape index (κ1) is 28.3. The summed E-state index contributed by atoms with van der Waals surface area (Å²) in [5.41, 5.74) is 1.82. The van der Waals surface area contributed by atoms with Crippen LogP contribution >= 0.6 is 23.2 Å². The SMILES string of the molecule is N#Cc1ccc(N2C(=O)CC(N(C3CCN(Cc4ccccc4)CC3)S(=O)(=O)c3cc(Cl)ccc3Cl)C2=O)cc1. The molecule has 0 aromatic heterocycles. The lowest BCUT2D eigenvalue weighted by Crippen LogP contribution is -2.53. The van der Waals surface area contributed by atoms with Crippen LogP contribution in [0, 0.1) is 11.3 Å². The van der Waals surface area contributed by atoms with Gasteiger partial charge in [0.05, 0.1) is 28.8 Å². The van der Waals surface area contributed by atoms with Gasteiger partial charge in [0.1, 0.15) is 10.9 Å². The number of carbonyl (C=O) groups excluding carboxylic acids is 2. The molecule has 0 spiro atoms. The highest BCUT2D eigenvalue weighted by molar-refractivity contribution is 7.89. The number of hydrogen-bond donors (Lipinski definition) is 0. The van der Waals surface area contributed by atoms with Crippen molar-refractivity contribution in [1.82, 2.24) is 9.21 Å². The number of nitriles is 1. The van der Waals surface area contributed by atoms with Crippen LogP contribution in [0.4, 0.5) is 5.69 Å². The molecule has 1 atom stereocenters. The molecule has 40 heavy (non-hydrogen) atoms. The van der Waals surface area contributed by atoms with Crippen LogP contribution < -0.4 is 4.90 Å². The topological polar surface area (TPSA) is 102 Å². The van der Waals surface area contributed by atoms with Crippen LogP contribution in [-0.4, -0.2) is 54.6 Å². The summed E-state index contributed by atoms with van der Waals surface area (Å²) in [7, 11) is -4.33. The third kappa shape index (κ3) is 5.64. The Labute approximate surface area is 243 Å². The fraction of sp³-hybridized carbons (Fsp3) is 0.276. The van der Waals surface area contributed by atoms with Crippen LogP contribution in [0.5, 0.6) is 0 Å². The van der Waals surface area contributed by atoms with Gasteiger partial charge in [-0.15, -0.1) is 0 Å². The summed E-state index contributed by atoms with van der Waals surface area (Å²) < 4.78 is 29.6. The van der Waals surface area contributed by atoms with Crippen LogP contribution in [0.25, 0.3) is 0 Å². The van der Waals surface area contributed by atoms with Crippen molar-refractivity contribution in [2.24, 2.45) is 0 Å². The van der Waals surface area contributed by atoms with Crippen molar-refractivity contribution in [2.45, 2.75) is 42.8 Å². The van der Waals surface area contributed by atoms with Crippen LogP contribution in [-0.2, 0) is 26.2 Å². The van der Waals surface area contributed by atoms with Gasteiger partial charge in [0.15, 0.2) is 0 Å². The number of anilines is 1. The number of halogens is 2. The molecule has 8 nitrogen and oxygen atoms in total. The van der Waals surface area contributed by atoms with Gasteiger partial charge in [0.25, 0.3) is 5.91 Å². The van der Waals surface area contributed by atoms with Crippen LogP contribution in [0.3, 0.4) is 0 Å². The maximum absolute atomic E-state index is 14.2.